The molecule has 0 radical (unpaired) electrons. The number of benzene rings is 1. The number of rotatable bonds is 8. The third kappa shape index (κ3) is 6.10. The van der Waals surface area contributed by atoms with Gasteiger partial charge in [-0.15, -0.1) is 0 Å². The molecule has 1 aliphatic heterocycles. The highest BCUT2D eigenvalue weighted by atomic mass is 16.5. The van der Waals surface area contributed by atoms with E-state index in [9.17, 15) is 9.90 Å². The van der Waals surface area contributed by atoms with Crippen molar-refractivity contribution in [3.63, 3.8) is 0 Å². The van der Waals surface area contributed by atoms with E-state index in [4.69, 9.17) is 9.47 Å². The first kappa shape index (κ1) is 21.4. The number of aromatic nitrogens is 1. The number of hydrogen-bond donors (Lipinski definition) is 2. The van der Waals surface area contributed by atoms with Crippen LogP contribution in [0.5, 0.6) is 11.6 Å². The van der Waals surface area contributed by atoms with Crippen LogP contribution in [0.25, 0.3) is 0 Å². The highest BCUT2D eigenvalue weighted by Crippen LogP contribution is 2.23. The van der Waals surface area contributed by atoms with Gasteiger partial charge in [-0.05, 0) is 56.2 Å². The van der Waals surface area contributed by atoms with E-state index in [0.717, 1.165) is 37.9 Å². The fraction of sp³-hybridized carbons (Fsp3) is 0.500. The predicted octanol–water partition coefficient (Wildman–Crippen LogP) is 4.00. The minimum absolute atomic E-state index is 0.0314. The van der Waals surface area contributed by atoms with Crippen LogP contribution in [-0.2, 0) is 17.8 Å². The van der Waals surface area contributed by atoms with E-state index >= 15 is 0 Å². The summed E-state index contributed by atoms with van der Waals surface area (Å²) in [5.74, 6) is 0.805. The molecule has 1 aromatic carbocycles. The van der Waals surface area contributed by atoms with E-state index in [1.54, 1.807) is 23.2 Å². The Labute approximate surface area is 183 Å². The van der Waals surface area contributed by atoms with Crippen molar-refractivity contribution in [1.29, 1.82) is 0 Å². The molecule has 1 unspecified atom stereocenters. The van der Waals surface area contributed by atoms with E-state index in [1.165, 1.54) is 12.8 Å². The number of nitrogens with one attached hydrogen (secondary N) is 1. The van der Waals surface area contributed by atoms with Gasteiger partial charge in [0, 0.05) is 37.5 Å². The number of urea groups is 1. The van der Waals surface area contributed by atoms with Crippen molar-refractivity contribution in [3.8, 4) is 11.6 Å². The van der Waals surface area contributed by atoms with Gasteiger partial charge in [0.25, 0.3) is 0 Å². The summed E-state index contributed by atoms with van der Waals surface area (Å²) in [6, 6.07) is 10.7. The molecule has 1 saturated heterocycles. The predicted molar refractivity (Wildman–Crippen MR) is 117 cm³/mol. The first-order valence-electron chi connectivity index (χ1n) is 11.2. The van der Waals surface area contributed by atoms with Crippen molar-refractivity contribution in [2.45, 2.75) is 63.8 Å². The van der Waals surface area contributed by atoms with Gasteiger partial charge in [0.05, 0.1) is 12.6 Å². The molecule has 1 saturated carbocycles. The van der Waals surface area contributed by atoms with Crippen LogP contribution < -0.4 is 10.1 Å². The van der Waals surface area contributed by atoms with Gasteiger partial charge < -0.3 is 24.8 Å². The number of ether oxygens (including phenoxy) is 2. The Morgan fingerprint density at radius 1 is 1.19 bits per heavy atom. The number of carbonyl (C=O) groups is 1. The summed E-state index contributed by atoms with van der Waals surface area (Å²) < 4.78 is 11.7. The van der Waals surface area contributed by atoms with Gasteiger partial charge in [0.15, 0.2) is 0 Å². The second-order valence-electron chi connectivity index (χ2n) is 8.33. The number of para-hydroxylation sites is 1. The summed E-state index contributed by atoms with van der Waals surface area (Å²) in [6.07, 6.45) is 8.52. The Morgan fingerprint density at radius 3 is 2.81 bits per heavy atom. The van der Waals surface area contributed by atoms with E-state index < -0.39 is 0 Å². The molecule has 1 atom stereocenters. The smallest absolute Gasteiger partial charge is 0.318 e. The molecule has 2 amide bonds. The monoisotopic (exact) mass is 425 g/mol. The molecule has 2 fully saturated rings. The van der Waals surface area contributed by atoms with Gasteiger partial charge in [0.2, 0.25) is 5.88 Å². The number of amides is 2. The molecule has 31 heavy (non-hydrogen) atoms. The Hall–Kier alpha value is -2.80. The molecule has 166 valence electrons. The number of phenols is 1. The SMILES string of the molecule is O=C(NCc1ccnc(OC2CCCC2)c1)N(Cc1ccccc1O)CC1CCCO1. The van der Waals surface area contributed by atoms with E-state index in [2.05, 4.69) is 10.3 Å². The van der Waals surface area contributed by atoms with Gasteiger partial charge in [-0.2, -0.15) is 0 Å². The lowest BCUT2D eigenvalue weighted by Crippen LogP contribution is -2.43. The summed E-state index contributed by atoms with van der Waals surface area (Å²) in [4.78, 5) is 19.0. The van der Waals surface area contributed by atoms with Gasteiger partial charge >= 0.3 is 6.03 Å². The van der Waals surface area contributed by atoms with Crippen LogP contribution in [0.2, 0.25) is 0 Å². The molecule has 0 bridgehead atoms. The molecule has 1 aliphatic carbocycles. The van der Waals surface area contributed by atoms with Crippen molar-refractivity contribution in [1.82, 2.24) is 15.2 Å². The minimum Gasteiger partial charge on any atom is -0.508 e. The van der Waals surface area contributed by atoms with Crippen LogP contribution in [0, 0.1) is 0 Å². The lowest BCUT2D eigenvalue weighted by molar-refractivity contribution is 0.0792. The molecule has 7 nitrogen and oxygen atoms in total. The number of carbonyl (C=O) groups excluding carboxylic acids is 1. The molecule has 2 aliphatic rings. The van der Waals surface area contributed by atoms with Gasteiger partial charge in [-0.3, -0.25) is 0 Å². The van der Waals surface area contributed by atoms with Crippen molar-refractivity contribution in [2.75, 3.05) is 13.2 Å². The third-order valence-corrected chi connectivity index (χ3v) is 5.92. The number of aromatic hydroxyl groups is 1. The fourth-order valence-electron chi connectivity index (χ4n) is 4.19. The standard InChI is InChI=1S/C24H31N3O4/c28-22-10-4-1-6-19(22)16-27(17-21-9-5-13-30-21)24(29)26-15-18-11-12-25-23(14-18)31-20-7-2-3-8-20/h1,4,6,10-12,14,20-21,28H,2-3,5,7-9,13,15-17H2,(H,26,29). The molecule has 7 heteroatoms. The van der Waals surface area contributed by atoms with Crippen LogP contribution in [0.3, 0.4) is 0 Å². The molecular weight excluding hydrogens is 394 g/mol. The van der Waals surface area contributed by atoms with Crippen LogP contribution in [0.15, 0.2) is 42.6 Å². The van der Waals surface area contributed by atoms with Gasteiger partial charge in [-0.25, -0.2) is 9.78 Å². The van der Waals surface area contributed by atoms with Crippen molar-refractivity contribution < 1.29 is 19.4 Å². The molecular formula is C24H31N3O4. The fourth-order valence-corrected chi connectivity index (χ4v) is 4.19. The number of phenolic OH excluding ortho intramolecular Hbond substituents is 1. The van der Waals surface area contributed by atoms with Crippen LogP contribution in [-0.4, -0.2) is 46.4 Å². The van der Waals surface area contributed by atoms with E-state index in [0.29, 0.717) is 31.1 Å². The van der Waals surface area contributed by atoms with Crippen LogP contribution in [0.4, 0.5) is 4.79 Å². The molecule has 4 rings (SSSR count). The quantitative estimate of drug-likeness (QED) is 0.668. The van der Waals surface area contributed by atoms with Crippen molar-refractivity contribution >= 4 is 6.03 Å². The summed E-state index contributed by atoms with van der Waals surface area (Å²) in [5.41, 5.74) is 1.66. The zero-order valence-electron chi connectivity index (χ0n) is 17.8. The first-order chi connectivity index (χ1) is 15.2. The number of pyridine rings is 1. The first-order valence-corrected chi connectivity index (χ1v) is 11.2. The highest BCUT2D eigenvalue weighted by molar-refractivity contribution is 5.74. The molecule has 2 aromatic rings. The lowest BCUT2D eigenvalue weighted by atomic mass is 10.1. The maximum Gasteiger partial charge on any atom is 0.318 e. The Bertz CT molecular complexity index is 863. The Kier molecular flexibility index (Phi) is 7.25. The minimum atomic E-state index is -0.186. The average molecular weight is 426 g/mol. The summed E-state index contributed by atoms with van der Waals surface area (Å²) in [5, 5.41) is 13.1. The van der Waals surface area contributed by atoms with E-state index in [1.807, 2.05) is 24.3 Å². The van der Waals surface area contributed by atoms with Gasteiger partial charge in [-0.1, -0.05) is 18.2 Å². The summed E-state index contributed by atoms with van der Waals surface area (Å²) >= 11 is 0. The number of nitrogens with zero attached hydrogens (tertiary/aromatic N) is 2. The summed E-state index contributed by atoms with van der Waals surface area (Å²) in [7, 11) is 0. The second kappa shape index (κ2) is 10.5. The zero-order chi connectivity index (χ0) is 21.5. The molecule has 2 N–H and O–H groups in total. The molecule has 2 heterocycles. The molecule has 0 spiro atoms. The topological polar surface area (TPSA) is 83.9 Å². The average Bonchev–Trinajstić information content (AvgIpc) is 3.48. The number of hydrogen-bond acceptors (Lipinski definition) is 5. The normalized spacial score (nSPS) is 18.8. The Balaban J connectivity index is 1.37. The van der Waals surface area contributed by atoms with E-state index in [-0.39, 0.29) is 24.0 Å². The van der Waals surface area contributed by atoms with Crippen LogP contribution >= 0.6 is 0 Å². The zero-order valence-corrected chi connectivity index (χ0v) is 17.8. The van der Waals surface area contributed by atoms with Crippen molar-refractivity contribution in [3.05, 3.63) is 53.7 Å². The maximum atomic E-state index is 13.0. The highest BCUT2D eigenvalue weighted by Gasteiger charge is 2.23. The second-order valence-corrected chi connectivity index (χ2v) is 8.33. The van der Waals surface area contributed by atoms with Crippen molar-refractivity contribution in [2.24, 2.45) is 0 Å². The van der Waals surface area contributed by atoms with Gasteiger partial charge in [0.1, 0.15) is 11.9 Å². The Morgan fingerprint density at radius 2 is 2.03 bits per heavy atom. The summed E-state index contributed by atoms with van der Waals surface area (Å²) in [6.45, 7) is 1.93. The maximum absolute atomic E-state index is 13.0. The largest absolute Gasteiger partial charge is 0.508 e. The lowest BCUT2D eigenvalue weighted by Gasteiger charge is -2.26. The third-order valence-electron chi connectivity index (χ3n) is 5.92. The van der Waals surface area contributed by atoms with Crippen LogP contribution in [0.1, 0.15) is 49.7 Å². The molecule has 1 aromatic heterocycles.